The molecule has 0 fully saturated rings. The molecule has 0 spiro atoms. The summed E-state index contributed by atoms with van der Waals surface area (Å²) in [6.07, 6.45) is 0. The Morgan fingerprint density at radius 1 is 1.14 bits per heavy atom. The first-order chi connectivity index (χ1) is 9.70. The van der Waals surface area contributed by atoms with Crippen molar-refractivity contribution in [2.45, 2.75) is 18.7 Å². The number of benzene rings is 2. The zero-order valence-electron chi connectivity index (χ0n) is 11.4. The molecule has 0 radical (unpaired) electrons. The zero-order valence-corrected chi connectivity index (χ0v) is 13.0. The number of hydrogen-bond donors (Lipinski definition) is 2. The molecule has 21 heavy (non-hydrogen) atoms. The molecule has 0 unspecified atom stereocenters. The molecule has 2 rings (SSSR count). The molecule has 0 aliphatic carbocycles. The second kappa shape index (κ2) is 5.54. The number of hydrogen-bond acceptors (Lipinski definition) is 3. The van der Waals surface area contributed by atoms with Crippen LogP contribution in [-0.2, 0) is 10.0 Å². The van der Waals surface area contributed by atoms with Gasteiger partial charge in [-0.15, -0.1) is 0 Å². The first kappa shape index (κ1) is 15.6. The Bertz CT molecular complexity index is 807. The Kier molecular flexibility index (Phi) is 4.11. The molecule has 0 aliphatic heterocycles. The van der Waals surface area contributed by atoms with E-state index in [4.69, 9.17) is 17.3 Å². The Morgan fingerprint density at radius 3 is 2.43 bits per heavy atom. The van der Waals surface area contributed by atoms with E-state index in [2.05, 4.69) is 4.72 Å². The highest BCUT2D eigenvalue weighted by atomic mass is 35.5. The second-order valence-corrected chi connectivity index (χ2v) is 6.77. The number of aryl methyl sites for hydroxylation is 2. The lowest BCUT2D eigenvalue weighted by Gasteiger charge is -2.12. The van der Waals surface area contributed by atoms with Gasteiger partial charge in [0.15, 0.2) is 0 Å². The van der Waals surface area contributed by atoms with Crippen molar-refractivity contribution in [1.82, 2.24) is 0 Å². The normalized spacial score (nSPS) is 11.4. The van der Waals surface area contributed by atoms with E-state index < -0.39 is 15.8 Å². The fourth-order valence-electron chi connectivity index (χ4n) is 1.88. The summed E-state index contributed by atoms with van der Waals surface area (Å²) < 4.78 is 40.4. The van der Waals surface area contributed by atoms with Crippen molar-refractivity contribution in [2.24, 2.45) is 0 Å². The van der Waals surface area contributed by atoms with Crippen LogP contribution in [0.1, 0.15) is 11.1 Å². The van der Waals surface area contributed by atoms with Gasteiger partial charge in [0.25, 0.3) is 10.0 Å². The molecule has 0 heterocycles. The SMILES string of the molecule is Cc1cc(NS(=O)(=O)c2cc(N)c(Cl)cc2C)ccc1F. The maximum atomic E-state index is 13.2. The molecule has 4 nitrogen and oxygen atoms in total. The molecule has 2 aromatic rings. The fourth-order valence-corrected chi connectivity index (χ4v) is 3.41. The molecule has 0 amide bonds. The molecule has 7 heteroatoms. The van der Waals surface area contributed by atoms with Gasteiger partial charge in [-0.3, -0.25) is 4.72 Å². The van der Waals surface area contributed by atoms with Crippen molar-refractivity contribution >= 4 is 33.0 Å². The van der Waals surface area contributed by atoms with Gasteiger partial charge in [-0.2, -0.15) is 0 Å². The van der Waals surface area contributed by atoms with E-state index in [-0.39, 0.29) is 16.3 Å². The minimum Gasteiger partial charge on any atom is -0.397 e. The average Bonchev–Trinajstić information content (AvgIpc) is 2.37. The van der Waals surface area contributed by atoms with Gasteiger partial charge >= 0.3 is 0 Å². The highest BCUT2D eigenvalue weighted by molar-refractivity contribution is 7.92. The van der Waals surface area contributed by atoms with Crippen LogP contribution in [0, 0.1) is 19.7 Å². The van der Waals surface area contributed by atoms with Gasteiger partial charge in [-0.25, -0.2) is 12.8 Å². The smallest absolute Gasteiger partial charge is 0.262 e. The first-order valence-corrected chi connectivity index (χ1v) is 7.91. The predicted octanol–water partition coefficient (Wildman–Crippen LogP) is 3.48. The molecule has 0 atom stereocenters. The number of anilines is 2. The largest absolute Gasteiger partial charge is 0.397 e. The monoisotopic (exact) mass is 328 g/mol. The number of halogens is 2. The molecule has 3 N–H and O–H groups in total. The van der Waals surface area contributed by atoms with Crippen LogP contribution < -0.4 is 10.5 Å². The molecular weight excluding hydrogens is 315 g/mol. The molecule has 112 valence electrons. The number of sulfonamides is 1. The van der Waals surface area contributed by atoms with Crippen LogP contribution >= 0.6 is 11.6 Å². The van der Waals surface area contributed by atoms with Gasteiger partial charge in [0.05, 0.1) is 15.6 Å². The summed E-state index contributed by atoms with van der Waals surface area (Å²) in [6, 6.07) is 6.77. The van der Waals surface area contributed by atoms with E-state index in [1.165, 1.54) is 30.3 Å². The number of nitrogens with one attached hydrogen (secondary N) is 1. The van der Waals surface area contributed by atoms with Crippen LogP contribution in [0.4, 0.5) is 15.8 Å². The van der Waals surface area contributed by atoms with Gasteiger partial charge in [-0.05, 0) is 55.3 Å². The second-order valence-electron chi connectivity index (χ2n) is 4.71. The van der Waals surface area contributed by atoms with Crippen molar-refractivity contribution in [2.75, 3.05) is 10.5 Å². The van der Waals surface area contributed by atoms with E-state index in [1.807, 2.05) is 0 Å². The maximum Gasteiger partial charge on any atom is 0.262 e. The quantitative estimate of drug-likeness (QED) is 0.847. The van der Waals surface area contributed by atoms with E-state index in [0.29, 0.717) is 16.1 Å². The Labute approximate surface area is 127 Å². The molecule has 0 aromatic heterocycles. The van der Waals surface area contributed by atoms with Crippen molar-refractivity contribution in [1.29, 1.82) is 0 Å². The molecule has 0 bridgehead atoms. The van der Waals surface area contributed by atoms with E-state index >= 15 is 0 Å². The standard InChI is InChI=1S/C14H14ClFN2O2S/c1-8-5-10(3-4-12(8)16)18-21(19,20)14-7-13(17)11(15)6-9(14)2/h3-7,18H,17H2,1-2H3. The molecule has 2 aromatic carbocycles. The summed E-state index contributed by atoms with van der Waals surface area (Å²) in [6.45, 7) is 3.18. The molecule has 0 aliphatic rings. The molecular formula is C14H14ClFN2O2S. The summed E-state index contributed by atoms with van der Waals surface area (Å²) in [5, 5.41) is 0.295. The fraction of sp³-hybridized carbons (Fsp3) is 0.143. The van der Waals surface area contributed by atoms with Crippen molar-refractivity contribution in [3.05, 3.63) is 52.3 Å². The van der Waals surface area contributed by atoms with Gasteiger partial charge in [0, 0.05) is 5.69 Å². The van der Waals surface area contributed by atoms with E-state index in [9.17, 15) is 12.8 Å². The van der Waals surface area contributed by atoms with Gasteiger partial charge in [0.2, 0.25) is 0 Å². The van der Waals surface area contributed by atoms with Crippen LogP contribution in [-0.4, -0.2) is 8.42 Å². The van der Waals surface area contributed by atoms with Gasteiger partial charge in [0.1, 0.15) is 5.82 Å². The summed E-state index contributed by atoms with van der Waals surface area (Å²) in [7, 11) is -3.82. The highest BCUT2D eigenvalue weighted by Gasteiger charge is 2.19. The summed E-state index contributed by atoms with van der Waals surface area (Å²) >= 11 is 5.85. The van der Waals surface area contributed by atoms with Crippen molar-refractivity contribution in [3.63, 3.8) is 0 Å². The van der Waals surface area contributed by atoms with Gasteiger partial charge in [-0.1, -0.05) is 11.6 Å². The third-order valence-electron chi connectivity index (χ3n) is 2.99. The summed E-state index contributed by atoms with van der Waals surface area (Å²) in [4.78, 5) is 0.0337. The number of nitrogens with two attached hydrogens (primary N) is 1. The van der Waals surface area contributed by atoms with Crippen LogP contribution in [0.3, 0.4) is 0 Å². The highest BCUT2D eigenvalue weighted by Crippen LogP contribution is 2.27. The van der Waals surface area contributed by atoms with Crippen LogP contribution in [0.5, 0.6) is 0 Å². The Hall–Kier alpha value is -1.79. The van der Waals surface area contributed by atoms with Crippen molar-refractivity contribution in [3.8, 4) is 0 Å². The average molecular weight is 329 g/mol. The lowest BCUT2D eigenvalue weighted by Crippen LogP contribution is -2.15. The predicted molar refractivity (Wildman–Crippen MR) is 82.5 cm³/mol. The molecule has 0 saturated carbocycles. The Balaban J connectivity index is 2.43. The summed E-state index contributed by atoms with van der Waals surface area (Å²) in [5.74, 6) is -0.398. The van der Waals surface area contributed by atoms with E-state index in [0.717, 1.165) is 0 Å². The Morgan fingerprint density at radius 2 is 1.81 bits per heavy atom. The maximum absolute atomic E-state index is 13.2. The first-order valence-electron chi connectivity index (χ1n) is 6.05. The minimum absolute atomic E-state index is 0.0337. The van der Waals surface area contributed by atoms with Crippen LogP contribution in [0.2, 0.25) is 5.02 Å². The van der Waals surface area contributed by atoms with Crippen LogP contribution in [0.15, 0.2) is 35.2 Å². The van der Waals surface area contributed by atoms with Crippen molar-refractivity contribution < 1.29 is 12.8 Å². The van der Waals surface area contributed by atoms with Gasteiger partial charge < -0.3 is 5.73 Å². The third-order valence-corrected chi connectivity index (χ3v) is 4.84. The lowest BCUT2D eigenvalue weighted by atomic mass is 10.2. The lowest BCUT2D eigenvalue weighted by molar-refractivity contribution is 0.600. The zero-order chi connectivity index (χ0) is 15.8. The topological polar surface area (TPSA) is 72.2 Å². The minimum atomic E-state index is -3.82. The molecule has 0 saturated heterocycles. The van der Waals surface area contributed by atoms with E-state index in [1.54, 1.807) is 13.8 Å². The number of rotatable bonds is 3. The third kappa shape index (κ3) is 3.28. The summed E-state index contributed by atoms with van der Waals surface area (Å²) in [5.41, 5.74) is 6.93. The van der Waals surface area contributed by atoms with Crippen LogP contribution in [0.25, 0.3) is 0 Å². The number of nitrogen functional groups attached to an aromatic ring is 1.